The Bertz CT molecular complexity index is 1270. The van der Waals surface area contributed by atoms with E-state index in [0.717, 1.165) is 12.1 Å². The fourth-order valence-electron chi connectivity index (χ4n) is 2.76. The van der Waals surface area contributed by atoms with Crippen molar-refractivity contribution in [1.29, 1.82) is 4.78 Å². The molecule has 1 unspecified atom stereocenters. The van der Waals surface area contributed by atoms with Crippen LogP contribution >= 0.6 is 0 Å². The van der Waals surface area contributed by atoms with Crippen molar-refractivity contribution < 1.29 is 26.9 Å². The Hall–Kier alpha value is -3.40. The third-order valence-electron chi connectivity index (χ3n) is 4.32. The van der Waals surface area contributed by atoms with Crippen molar-refractivity contribution >= 4 is 21.3 Å². The van der Waals surface area contributed by atoms with Gasteiger partial charge in [-0.05, 0) is 49.4 Å². The molecule has 0 radical (unpaired) electrons. The molecular weight excluding hydrogens is 455 g/mol. The second-order valence-corrected chi connectivity index (χ2v) is 8.85. The van der Waals surface area contributed by atoms with Crippen LogP contribution in [-0.4, -0.2) is 21.4 Å². The van der Waals surface area contributed by atoms with Gasteiger partial charge in [-0.3, -0.25) is 4.79 Å². The molecule has 3 aromatic rings. The minimum atomic E-state index is -3.04. The number of ether oxygens (including phenoxy) is 1. The lowest BCUT2D eigenvalue weighted by Crippen LogP contribution is -2.16. The van der Waals surface area contributed by atoms with Crippen LogP contribution in [0.3, 0.4) is 0 Å². The number of nitrogens with zero attached hydrogens (tertiary/aromatic N) is 1. The molecule has 1 heterocycles. The quantitative estimate of drug-likeness (QED) is 0.409. The number of aromatic nitrogens is 1. The highest BCUT2D eigenvalue weighted by atomic mass is 32.2. The average Bonchev–Trinajstić information content (AvgIpc) is 2.77. The average molecular weight is 480 g/mol. The fraction of sp³-hybridized carbons (Fsp3) is 0.217. The molecule has 176 valence electrons. The predicted octanol–water partition coefficient (Wildman–Crippen LogP) is 6.24. The van der Waals surface area contributed by atoms with Crippen LogP contribution in [0, 0.1) is 23.5 Å². The standard InChI is InChI=1S/C21H18F3N3O3S.C2H6/c1-12-16(8-9-18(23)26-12)30-17-7-6-13(11-22)20(24)19(17)21(28)27-14-4-3-5-15(10-14)31(2,25)29;1-2/h3-10,25H,11H2,1-2H3,(H,27,28);1-2H3. The summed E-state index contributed by atoms with van der Waals surface area (Å²) in [4.78, 5) is 16.7. The molecule has 6 nitrogen and oxygen atoms in total. The Balaban J connectivity index is 0.00000187. The predicted molar refractivity (Wildman–Crippen MR) is 121 cm³/mol. The normalized spacial score (nSPS) is 12.2. The Kier molecular flexibility index (Phi) is 8.58. The molecule has 10 heteroatoms. The molecule has 0 bridgehead atoms. The van der Waals surface area contributed by atoms with Gasteiger partial charge in [0.2, 0.25) is 5.95 Å². The molecule has 2 aromatic carbocycles. The number of halogens is 3. The molecule has 0 saturated heterocycles. The van der Waals surface area contributed by atoms with E-state index < -0.39 is 39.6 Å². The van der Waals surface area contributed by atoms with Crippen LogP contribution in [0.25, 0.3) is 0 Å². The maximum absolute atomic E-state index is 14.9. The van der Waals surface area contributed by atoms with Crippen LogP contribution in [-0.2, 0) is 16.4 Å². The van der Waals surface area contributed by atoms with Crippen molar-refractivity contribution in [2.75, 3.05) is 11.6 Å². The highest BCUT2D eigenvalue weighted by Gasteiger charge is 2.23. The number of nitrogens with one attached hydrogen (secondary N) is 2. The summed E-state index contributed by atoms with van der Waals surface area (Å²) in [7, 11) is -3.04. The lowest BCUT2D eigenvalue weighted by atomic mass is 10.1. The van der Waals surface area contributed by atoms with Crippen molar-refractivity contribution in [3.8, 4) is 11.5 Å². The van der Waals surface area contributed by atoms with E-state index in [-0.39, 0.29) is 33.3 Å². The zero-order chi connectivity index (χ0) is 24.8. The number of carbonyl (C=O) groups is 1. The van der Waals surface area contributed by atoms with Gasteiger partial charge in [-0.1, -0.05) is 19.9 Å². The van der Waals surface area contributed by atoms with Gasteiger partial charge in [-0.25, -0.2) is 22.8 Å². The second-order valence-electron chi connectivity index (χ2n) is 6.69. The van der Waals surface area contributed by atoms with E-state index in [2.05, 4.69) is 10.3 Å². The number of carbonyl (C=O) groups excluding carboxylic acids is 1. The van der Waals surface area contributed by atoms with E-state index in [1.165, 1.54) is 49.6 Å². The number of pyridine rings is 1. The Labute approximate surface area is 190 Å². The summed E-state index contributed by atoms with van der Waals surface area (Å²) < 4.78 is 66.5. The first-order valence-electron chi connectivity index (χ1n) is 9.93. The van der Waals surface area contributed by atoms with Crippen LogP contribution in [0.4, 0.5) is 18.9 Å². The van der Waals surface area contributed by atoms with Crippen molar-refractivity contribution in [1.82, 2.24) is 4.98 Å². The minimum Gasteiger partial charge on any atom is -0.455 e. The van der Waals surface area contributed by atoms with Gasteiger partial charge in [-0.2, -0.15) is 4.39 Å². The van der Waals surface area contributed by atoms with Gasteiger partial charge < -0.3 is 10.1 Å². The summed E-state index contributed by atoms with van der Waals surface area (Å²) in [6.07, 6.45) is 1.23. The zero-order valence-corrected chi connectivity index (χ0v) is 19.4. The number of hydrogen-bond acceptors (Lipinski definition) is 5. The van der Waals surface area contributed by atoms with Crippen LogP contribution in [0.15, 0.2) is 53.4 Å². The van der Waals surface area contributed by atoms with Crippen LogP contribution < -0.4 is 10.1 Å². The van der Waals surface area contributed by atoms with Crippen molar-refractivity contribution in [2.24, 2.45) is 0 Å². The van der Waals surface area contributed by atoms with Crippen molar-refractivity contribution in [2.45, 2.75) is 32.3 Å². The second kappa shape index (κ2) is 11.0. The van der Waals surface area contributed by atoms with Crippen molar-refractivity contribution in [3.05, 3.63) is 77.1 Å². The molecule has 0 aliphatic rings. The monoisotopic (exact) mass is 479 g/mol. The first-order valence-corrected chi connectivity index (χ1v) is 11.9. The van der Waals surface area contributed by atoms with Gasteiger partial charge in [0.25, 0.3) is 5.91 Å². The van der Waals surface area contributed by atoms with Gasteiger partial charge in [0.15, 0.2) is 0 Å². The highest BCUT2D eigenvalue weighted by molar-refractivity contribution is 7.91. The van der Waals surface area contributed by atoms with E-state index in [1.807, 2.05) is 13.8 Å². The molecule has 0 fully saturated rings. The fourth-order valence-corrected chi connectivity index (χ4v) is 3.45. The first-order chi connectivity index (χ1) is 15.6. The molecule has 33 heavy (non-hydrogen) atoms. The number of alkyl halides is 1. The van der Waals surface area contributed by atoms with Crippen LogP contribution in [0.5, 0.6) is 11.5 Å². The maximum atomic E-state index is 14.9. The molecule has 0 aliphatic carbocycles. The molecule has 1 atom stereocenters. The largest absolute Gasteiger partial charge is 0.455 e. The molecule has 0 aliphatic heterocycles. The van der Waals surface area contributed by atoms with Gasteiger partial charge >= 0.3 is 0 Å². The van der Waals surface area contributed by atoms with Gasteiger partial charge in [0.05, 0.1) is 15.4 Å². The van der Waals surface area contributed by atoms with Gasteiger partial charge in [0.1, 0.15) is 29.6 Å². The molecule has 0 saturated carbocycles. The summed E-state index contributed by atoms with van der Waals surface area (Å²) >= 11 is 0. The molecule has 0 spiro atoms. The summed E-state index contributed by atoms with van der Waals surface area (Å²) in [6.45, 7) is 4.33. The summed E-state index contributed by atoms with van der Waals surface area (Å²) in [5.41, 5.74) is -0.572. The van der Waals surface area contributed by atoms with Gasteiger partial charge in [0, 0.05) is 22.4 Å². The first kappa shape index (κ1) is 25.9. The van der Waals surface area contributed by atoms with Crippen LogP contribution in [0.1, 0.15) is 35.5 Å². The zero-order valence-electron chi connectivity index (χ0n) is 18.5. The third kappa shape index (κ3) is 6.32. The Morgan fingerprint density at radius 1 is 1.12 bits per heavy atom. The lowest BCUT2D eigenvalue weighted by Gasteiger charge is -2.15. The molecule has 1 amide bonds. The minimum absolute atomic E-state index is 0.0878. The van der Waals surface area contributed by atoms with E-state index in [0.29, 0.717) is 0 Å². The Morgan fingerprint density at radius 2 is 1.79 bits per heavy atom. The number of rotatable bonds is 6. The molecule has 3 rings (SSSR count). The van der Waals surface area contributed by atoms with E-state index in [9.17, 15) is 22.2 Å². The number of amides is 1. The van der Waals surface area contributed by atoms with Crippen LogP contribution in [0.2, 0.25) is 0 Å². The smallest absolute Gasteiger partial charge is 0.262 e. The maximum Gasteiger partial charge on any atom is 0.262 e. The number of aryl methyl sites for hydroxylation is 1. The topological polar surface area (TPSA) is 92.1 Å². The molecule has 1 aromatic heterocycles. The summed E-state index contributed by atoms with van der Waals surface area (Å²) in [5.74, 6) is -2.92. The SMILES string of the molecule is CC.Cc1nc(F)ccc1Oc1ccc(CF)c(F)c1C(=O)Nc1cccc(S(C)(=N)=O)c1. The number of anilines is 1. The third-order valence-corrected chi connectivity index (χ3v) is 5.47. The molecule has 2 N–H and O–H groups in total. The number of benzene rings is 2. The van der Waals surface area contributed by atoms with Crippen molar-refractivity contribution in [3.63, 3.8) is 0 Å². The molecular formula is C23H24F3N3O3S. The summed E-state index contributed by atoms with van der Waals surface area (Å²) in [5, 5.41) is 2.45. The lowest BCUT2D eigenvalue weighted by molar-refractivity contribution is 0.102. The highest BCUT2D eigenvalue weighted by Crippen LogP contribution is 2.31. The van der Waals surface area contributed by atoms with E-state index >= 15 is 0 Å². The Morgan fingerprint density at radius 3 is 2.39 bits per heavy atom. The number of hydrogen-bond donors (Lipinski definition) is 2. The van der Waals surface area contributed by atoms with E-state index in [1.54, 1.807) is 0 Å². The van der Waals surface area contributed by atoms with Gasteiger partial charge in [-0.15, -0.1) is 0 Å². The van der Waals surface area contributed by atoms with E-state index in [4.69, 9.17) is 9.52 Å². The summed E-state index contributed by atoms with van der Waals surface area (Å²) in [6, 6.07) is 10.4.